The minimum atomic E-state index is -1.16. The number of carbonyl (C=O) groups is 2. The molecule has 0 atom stereocenters. The number of hydrogen-bond donors (Lipinski definition) is 1. The number of methoxy groups -OCH3 is 2. The van der Waals surface area contributed by atoms with Gasteiger partial charge in [0.25, 0.3) is 0 Å². The lowest BCUT2D eigenvalue weighted by atomic mass is 10.1. The summed E-state index contributed by atoms with van der Waals surface area (Å²) in [5, 5.41) is 16.7. The van der Waals surface area contributed by atoms with E-state index < -0.39 is 17.7 Å². The van der Waals surface area contributed by atoms with Gasteiger partial charge in [-0.1, -0.05) is 12.1 Å². The number of para-hydroxylation sites is 2. The lowest BCUT2D eigenvalue weighted by molar-refractivity contribution is 0.0693. The van der Waals surface area contributed by atoms with Crippen LogP contribution in [0.2, 0.25) is 0 Å². The maximum atomic E-state index is 13.0. The molecule has 1 aromatic heterocycles. The van der Waals surface area contributed by atoms with Crippen LogP contribution < -0.4 is 20.1 Å². The molecule has 0 bridgehead atoms. The second kappa shape index (κ2) is 8.47. The van der Waals surface area contributed by atoms with Gasteiger partial charge >= 0.3 is 17.7 Å². The van der Waals surface area contributed by atoms with Crippen molar-refractivity contribution in [1.29, 1.82) is 0 Å². The fourth-order valence-corrected chi connectivity index (χ4v) is 2.89. The predicted octanol–water partition coefficient (Wildman–Crippen LogP) is 1.64. The number of benzene rings is 2. The first-order valence-corrected chi connectivity index (χ1v) is 8.84. The Kier molecular flexibility index (Phi) is 5.81. The van der Waals surface area contributed by atoms with Gasteiger partial charge in [0, 0.05) is 18.3 Å². The van der Waals surface area contributed by atoms with Crippen molar-refractivity contribution in [3.63, 3.8) is 0 Å². The summed E-state index contributed by atoms with van der Waals surface area (Å²) in [6, 6.07) is 10.1. The fraction of sp³-hybridized carbons (Fsp3) is 0.211. The van der Waals surface area contributed by atoms with E-state index >= 15 is 0 Å². The highest BCUT2D eigenvalue weighted by atomic mass is 16.5. The molecule has 1 amide bonds. The Labute approximate surface area is 170 Å². The third-order valence-corrected chi connectivity index (χ3v) is 4.35. The lowest BCUT2D eigenvalue weighted by Crippen LogP contribution is -2.41. The Morgan fingerprint density at radius 2 is 1.77 bits per heavy atom. The number of nitrogens with zero attached hydrogens (tertiary/aromatic N) is 5. The van der Waals surface area contributed by atoms with E-state index in [1.807, 2.05) is 0 Å². The molecule has 1 N–H and O–H groups in total. The van der Waals surface area contributed by atoms with Gasteiger partial charge in [0.15, 0.2) is 0 Å². The van der Waals surface area contributed by atoms with Crippen molar-refractivity contribution >= 4 is 17.7 Å². The van der Waals surface area contributed by atoms with Gasteiger partial charge in [-0.25, -0.2) is 14.4 Å². The van der Waals surface area contributed by atoms with Gasteiger partial charge in [0.1, 0.15) is 22.7 Å². The van der Waals surface area contributed by atoms with Gasteiger partial charge in [0.2, 0.25) is 0 Å². The van der Waals surface area contributed by atoms with Crippen LogP contribution in [0.25, 0.3) is 5.69 Å². The number of anilines is 1. The standard InChI is InChI=1S/C19H19N5O6/c1-4-22(12-9-10-13(17(25)26)16(11-12)30-3)18(27)24-19(28)23(20-21-24)14-7-5-6-8-15(14)29-2/h5-11H,4H2,1-3H3,(H,25,26). The first-order valence-electron chi connectivity index (χ1n) is 8.84. The van der Waals surface area contributed by atoms with Crippen molar-refractivity contribution in [2.75, 3.05) is 25.7 Å². The molecule has 0 spiro atoms. The number of hydrogen-bond acceptors (Lipinski definition) is 7. The number of aromatic nitrogens is 4. The van der Waals surface area contributed by atoms with E-state index in [0.717, 1.165) is 4.68 Å². The molecule has 2 aromatic carbocycles. The molecule has 11 heteroatoms. The van der Waals surface area contributed by atoms with Gasteiger partial charge in [0.05, 0.1) is 14.2 Å². The van der Waals surface area contributed by atoms with Crippen LogP contribution >= 0.6 is 0 Å². The van der Waals surface area contributed by atoms with Gasteiger partial charge in [-0.3, -0.25) is 4.90 Å². The predicted molar refractivity (Wildman–Crippen MR) is 106 cm³/mol. The first kappa shape index (κ1) is 20.6. The minimum Gasteiger partial charge on any atom is -0.496 e. The van der Waals surface area contributed by atoms with E-state index in [1.54, 1.807) is 31.2 Å². The van der Waals surface area contributed by atoms with Crippen LogP contribution in [0, 0.1) is 0 Å². The highest BCUT2D eigenvalue weighted by Crippen LogP contribution is 2.26. The minimum absolute atomic E-state index is 0.0518. The lowest BCUT2D eigenvalue weighted by Gasteiger charge is -2.20. The van der Waals surface area contributed by atoms with Crippen molar-refractivity contribution in [3.05, 3.63) is 58.5 Å². The van der Waals surface area contributed by atoms with Crippen LogP contribution in [0.4, 0.5) is 10.5 Å². The van der Waals surface area contributed by atoms with Crippen molar-refractivity contribution in [2.24, 2.45) is 0 Å². The monoisotopic (exact) mass is 413 g/mol. The van der Waals surface area contributed by atoms with Crippen LogP contribution in [0.3, 0.4) is 0 Å². The summed E-state index contributed by atoms with van der Waals surface area (Å²) < 4.78 is 11.9. The Balaban J connectivity index is 2.01. The molecule has 0 saturated heterocycles. The fourth-order valence-electron chi connectivity index (χ4n) is 2.89. The van der Waals surface area contributed by atoms with Gasteiger partial charge in [-0.15, -0.1) is 4.68 Å². The zero-order chi connectivity index (χ0) is 21.8. The summed E-state index contributed by atoms with van der Waals surface area (Å²) in [6.45, 7) is 1.88. The second-order valence-corrected chi connectivity index (χ2v) is 5.97. The number of carboxylic acid groups (broad SMARTS) is 1. The van der Waals surface area contributed by atoms with E-state index in [2.05, 4.69) is 10.4 Å². The van der Waals surface area contributed by atoms with Gasteiger partial charge < -0.3 is 14.6 Å². The molecule has 0 aliphatic heterocycles. The molecular weight excluding hydrogens is 394 g/mol. The molecule has 0 aliphatic carbocycles. The van der Waals surface area contributed by atoms with E-state index in [-0.39, 0.29) is 17.9 Å². The van der Waals surface area contributed by atoms with E-state index in [4.69, 9.17) is 9.47 Å². The second-order valence-electron chi connectivity index (χ2n) is 5.97. The maximum Gasteiger partial charge on any atom is 0.377 e. The molecule has 156 valence electrons. The average Bonchev–Trinajstić information content (AvgIpc) is 3.14. The number of tetrazole rings is 1. The third kappa shape index (κ3) is 3.60. The Bertz CT molecular complexity index is 1150. The Morgan fingerprint density at radius 3 is 2.40 bits per heavy atom. The summed E-state index contributed by atoms with van der Waals surface area (Å²) in [5.74, 6) is -0.694. The number of aromatic carboxylic acids is 1. The summed E-state index contributed by atoms with van der Waals surface area (Å²) in [6.07, 6.45) is 0. The van der Waals surface area contributed by atoms with Crippen molar-refractivity contribution in [1.82, 2.24) is 19.8 Å². The normalized spacial score (nSPS) is 10.5. The van der Waals surface area contributed by atoms with Crippen molar-refractivity contribution in [2.45, 2.75) is 6.92 Å². The van der Waals surface area contributed by atoms with E-state index in [1.165, 1.54) is 37.3 Å². The first-order chi connectivity index (χ1) is 14.4. The van der Waals surface area contributed by atoms with Crippen LogP contribution in [0.5, 0.6) is 11.5 Å². The number of carbonyl (C=O) groups excluding carboxylic acids is 1. The highest BCUT2D eigenvalue weighted by molar-refractivity contribution is 5.95. The maximum absolute atomic E-state index is 13.0. The van der Waals surface area contributed by atoms with E-state index in [9.17, 15) is 19.5 Å². The molecule has 1 heterocycles. The van der Waals surface area contributed by atoms with Gasteiger partial charge in [-0.05, 0) is 41.6 Å². The van der Waals surface area contributed by atoms with Gasteiger partial charge in [-0.2, -0.15) is 4.68 Å². The van der Waals surface area contributed by atoms with Crippen LogP contribution in [-0.2, 0) is 0 Å². The molecule has 3 aromatic rings. The summed E-state index contributed by atoms with van der Waals surface area (Å²) in [7, 11) is 2.78. The molecule has 3 rings (SSSR count). The summed E-state index contributed by atoms with van der Waals surface area (Å²) >= 11 is 0. The van der Waals surface area contributed by atoms with Crippen LogP contribution in [-0.4, -0.2) is 57.7 Å². The smallest absolute Gasteiger partial charge is 0.377 e. The highest BCUT2D eigenvalue weighted by Gasteiger charge is 2.24. The topological polar surface area (TPSA) is 129 Å². The van der Waals surface area contributed by atoms with E-state index in [0.29, 0.717) is 21.8 Å². The number of rotatable bonds is 6. The zero-order valence-corrected chi connectivity index (χ0v) is 16.5. The zero-order valence-electron chi connectivity index (χ0n) is 16.5. The molecule has 0 aliphatic rings. The molecule has 0 unspecified atom stereocenters. The van der Waals surface area contributed by atoms with Crippen molar-refractivity contribution < 1.29 is 24.2 Å². The van der Waals surface area contributed by atoms with Crippen LogP contribution in [0.1, 0.15) is 17.3 Å². The SMILES string of the molecule is CCN(C(=O)n1nnn(-c2ccccc2OC)c1=O)c1ccc(C(=O)O)c(OC)c1. The Morgan fingerprint density at radius 1 is 1.07 bits per heavy atom. The number of ether oxygens (including phenoxy) is 2. The van der Waals surface area contributed by atoms with Crippen LogP contribution in [0.15, 0.2) is 47.3 Å². The Hall–Kier alpha value is -4.15. The molecule has 30 heavy (non-hydrogen) atoms. The number of carboxylic acids is 1. The summed E-state index contributed by atoms with van der Waals surface area (Å²) in [5.41, 5.74) is -0.163. The quantitative estimate of drug-likeness (QED) is 0.604. The molecule has 0 fully saturated rings. The molecule has 11 nitrogen and oxygen atoms in total. The third-order valence-electron chi connectivity index (χ3n) is 4.35. The van der Waals surface area contributed by atoms with Crippen molar-refractivity contribution in [3.8, 4) is 17.2 Å². The molecule has 0 radical (unpaired) electrons. The molecular formula is C19H19N5O6. The largest absolute Gasteiger partial charge is 0.496 e. The summed E-state index contributed by atoms with van der Waals surface area (Å²) in [4.78, 5) is 38.3. The molecule has 0 saturated carbocycles. The number of amides is 1. The average molecular weight is 413 g/mol.